The van der Waals surface area contributed by atoms with Crippen LogP contribution in [0.3, 0.4) is 0 Å². The third kappa shape index (κ3) is 2.30. The van der Waals surface area contributed by atoms with Crippen LogP contribution in [0.4, 0.5) is 9.18 Å². The Labute approximate surface area is 91.5 Å². The minimum Gasteiger partial charge on any atom is -0.508 e. The van der Waals surface area contributed by atoms with Gasteiger partial charge >= 0.3 is 6.09 Å². The molecule has 0 bridgehead atoms. The van der Waals surface area contributed by atoms with Gasteiger partial charge in [-0.25, -0.2) is 9.18 Å². The van der Waals surface area contributed by atoms with Crippen molar-refractivity contribution in [3.05, 3.63) is 29.6 Å². The van der Waals surface area contributed by atoms with Gasteiger partial charge in [-0.2, -0.15) is 0 Å². The van der Waals surface area contributed by atoms with Gasteiger partial charge < -0.3 is 15.2 Å². The van der Waals surface area contributed by atoms with Crippen LogP contribution in [0.5, 0.6) is 5.75 Å². The Kier molecular flexibility index (Phi) is 3.36. The standard InChI is InChI=1S/C9H8FNO3.ClH/c10-5-1-2-8(12)6(3-5)7-4-14-9(13)11-7;/h1-3,7,12H,4H2,(H,11,13);1H/t7-;/m1./s1. The molecule has 2 rings (SSSR count). The average Bonchev–Trinajstić information content (AvgIpc) is 2.56. The van der Waals surface area contributed by atoms with Gasteiger partial charge in [0.15, 0.2) is 0 Å². The Morgan fingerprint density at radius 1 is 1.53 bits per heavy atom. The lowest BCUT2D eigenvalue weighted by atomic mass is 10.1. The van der Waals surface area contributed by atoms with Crippen molar-refractivity contribution >= 4 is 18.5 Å². The summed E-state index contributed by atoms with van der Waals surface area (Å²) in [7, 11) is 0. The summed E-state index contributed by atoms with van der Waals surface area (Å²) in [6.45, 7) is 0.107. The first-order valence-corrected chi connectivity index (χ1v) is 4.08. The van der Waals surface area contributed by atoms with Crippen LogP contribution in [0.1, 0.15) is 11.6 Å². The van der Waals surface area contributed by atoms with Gasteiger partial charge in [-0.05, 0) is 18.2 Å². The zero-order valence-corrected chi connectivity index (χ0v) is 8.38. The maximum atomic E-state index is 12.8. The van der Waals surface area contributed by atoms with Crippen LogP contribution in [-0.2, 0) is 4.74 Å². The van der Waals surface area contributed by atoms with Crippen molar-refractivity contribution < 1.29 is 19.0 Å². The van der Waals surface area contributed by atoms with Crippen LogP contribution in [-0.4, -0.2) is 17.8 Å². The van der Waals surface area contributed by atoms with Gasteiger partial charge in [-0.3, -0.25) is 0 Å². The van der Waals surface area contributed by atoms with Gasteiger partial charge in [0, 0.05) is 5.56 Å². The molecule has 1 aromatic rings. The predicted molar refractivity (Wildman–Crippen MR) is 52.5 cm³/mol. The normalized spacial score (nSPS) is 19.0. The molecule has 0 radical (unpaired) electrons. The highest BCUT2D eigenvalue weighted by Gasteiger charge is 2.26. The first-order valence-electron chi connectivity index (χ1n) is 4.08. The van der Waals surface area contributed by atoms with Crippen LogP contribution in [0.2, 0.25) is 0 Å². The van der Waals surface area contributed by atoms with E-state index in [4.69, 9.17) is 0 Å². The number of hydrogen-bond acceptors (Lipinski definition) is 3. The third-order valence-corrected chi connectivity index (χ3v) is 2.04. The van der Waals surface area contributed by atoms with Crippen molar-refractivity contribution in [3.8, 4) is 5.75 Å². The maximum absolute atomic E-state index is 12.8. The summed E-state index contributed by atoms with van der Waals surface area (Å²) in [5, 5.41) is 11.9. The second-order valence-electron chi connectivity index (χ2n) is 3.00. The molecule has 82 valence electrons. The molecule has 2 N–H and O–H groups in total. The second kappa shape index (κ2) is 4.35. The molecular formula is C9H9ClFNO3. The fourth-order valence-corrected chi connectivity index (χ4v) is 1.36. The molecule has 1 atom stereocenters. The largest absolute Gasteiger partial charge is 0.508 e. The summed E-state index contributed by atoms with van der Waals surface area (Å²) >= 11 is 0. The minimum absolute atomic E-state index is 0. The number of amides is 1. The summed E-state index contributed by atoms with van der Waals surface area (Å²) in [4.78, 5) is 10.7. The first kappa shape index (κ1) is 11.6. The van der Waals surface area contributed by atoms with Gasteiger partial charge in [-0.1, -0.05) is 0 Å². The number of cyclic esters (lactones) is 1. The number of benzene rings is 1. The number of hydrogen-bond donors (Lipinski definition) is 2. The molecule has 15 heavy (non-hydrogen) atoms. The van der Waals surface area contributed by atoms with E-state index in [9.17, 15) is 14.3 Å². The second-order valence-corrected chi connectivity index (χ2v) is 3.00. The maximum Gasteiger partial charge on any atom is 0.407 e. The minimum atomic E-state index is -0.557. The molecule has 1 aromatic carbocycles. The van der Waals surface area contributed by atoms with E-state index in [2.05, 4.69) is 10.1 Å². The van der Waals surface area contributed by atoms with Gasteiger partial charge in [0.25, 0.3) is 0 Å². The van der Waals surface area contributed by atoms with Gasteiger partial charge in [-0.15, -0.1) is 12.4 Å². The molecule has 1 heterocycles. The van der Waals surface area contributed by atoms with Crippen LogP contribution in [0.15, 0.2) is 18.2 Å². The molecule has 0 spiro atoms. The van der Waals surface area contributed by atoms with E-state index >= 15 is 0 Å². The van der Waals surface area contributed by atoms with E-state index in [1.807, 2.05) is 0 Å². The number of carbonyl (C=O) groups excluding carboxylic acids is 1. The lowest BCUT2D eigenvalue weighted by Gasteiger charge is -2.09. The topological polar surface area (TPSA) is 58.6 Å². The van der Waals surface area contributed by atoms with Crippen molar-refractivity contribution in [2.24, 2.45) is 0 Å². The summed E-state index contributed by atoms with van der Waals surface area (Å²) in [5.74, 6) is -0.513. The van der Waals surface area contributed by atoms with E-state index in [-0.39, 0.29) is 24.8 Å². The van der Waals surface area contributed by atoms with E-state index in [0.29, 0.717) is 5.56 Å². The number of nitrogens with one attached hydrogen (secondary N) is 1. The summed E-state index contributed by atoms with van der Waals surface area (Å²) in [6, 6.07) is 3.10. The Balaban J connectivity index is 0.00000112. The molecule has 6 heteroatoms. The monoisotopic (exact) mass is 233 g/mol. The molecule has 0 aliphatic carbocycles. The van der Waals surface area contributed by atoms with E-state index in [1.54, 1.807) is 0 Å². The number of carbonyl (C=O) groups is 1. The first-order chi connectivity index (χ1) is 6.66. The zero-order valence-electron chi connectivity index (χ0n) is 7.57. The molecule has 1 aliphatic rings. The van der Waals surface area contributed by atoms with E-state index in [0.717, 1.165) is 6.07 Å². The Morgan fingerprint density at radius 2 is 2.27 bits per heavy atom. The quantitative estimate of drug-likeness (QED) is 0.777. The number of ether oxygens (including phenoxy) is 1. The van der Waals surface area contributed by atoms with Crippen molar-refractivity contribution in [2.75, 3.05) is 6.61 Å². The highest BCUT2D eigenvalue weighted by atomic mass is 35.5. The number of halogens is 2. The van der Waals surface area contributed by atoms with Crippen LogP contribution < -0.4 is 5.32 Å². The number of rotatable bonds is 1. The Hall–Kier alpha value is -1.49. The average molecular weight is 234 g/mol. The highest BCUT2D eigenvalue weighted by Crippen LogP contribution is 2.27. The molecule has 1 saturated heterocycles. The SMILES string of the molecule is Cl.O=C1N[C@@H](c2cc(F)ccc2O)CO1. The molecule has 1 aliphatic heterocycles. The van der Waals surface area contributed by atoms with E-state index < -0.39 is 18.0 Å². The van der Waals surface area contributed by atoms with Crippen LogP contribution in [0, 0.1) is 5.82 Å². The molecule has 0 saturated carbocycles. The summed E-state index contributed by atoms with van der Waals surface area (Å²) < 4.78 is 17.5. The summed E-state index contributed by atoms with van der Waals surface area (Å²) in [5.41, 5.74) is 0.329. The molecule has 1 fully saturated rings. The molecule has 0 aromatic heterocycles. The van der Waals surface area contributed by atoms with Crippen molar-refractivity contribution in [2.45, 2.75) is 6.04 Å². The van der Waals surface area contributed by atoms with Gasteiger partial charge in [0.1, 0.15) is 18.2 Å². The lowest BCUT2D eigenvalue weighted by molar-refractivity contribution is 0.177. The smallest absolute Gasteiger partial charge is 0.407 e. The Bertz CT molecular complexity index is 386. The van der Waals surface area contributed by atoms with Crippen molar-refractivity contribution in [3.63, 3.8) is 0 Å². The highest BCUT2D eigenvalue weighted by molar-refractivity contribution is 5.85. The number of aromatic hydroxyl groups is 1. The third-order valence-electron chi connectivity index (χ3n) is 2.04. The molecule has 1 amide bonds. The number of alkyl carbamates (subject to hydrolysis) is 1. The van der Waals surface area contributed by atoms with Gasteiger partial charge in [0.05, 0.1) is 6.04 Å². The summed E-state index contributed by atoms with van der Waals surface area (Å²) in [6.07, 6.45) is -0.557. The molecular weight excluding hydrogens is 225 g/mol. The van der Waals surface area contributed by atoms with Crippen molar-refractivity contribution in [1.29, 1.82) is 0 Å². The Morgan fingerprint density at radius 3 is 2.87 bits per heavy atom. The number of phenols is 1. The van der Waals surface area contributed by atoms with Crippen LogP contribution in [0.25, 0.3) is 0 Å². The lowest BCUT2D eigenvalue weighted by Crippen LogP contribution is -2.18. The molecule has 0 unspecified atom stereocenters. The fraction of sp³-hybridized carbons (Fsp3) is 0.222. The van der Waals surface area contributed by atoms with Crippen molar-refractivity contribution in [1.82, 2.24) is 5.32 Å². The van der Waals surface area contributed by atoms with E-state index in [1.165, 1.54) is 12.1 Å². The predicted octanol–water partition coefficient (Wildman–Crippen LogP) is 1.73. The molecule has 4 nitrogen and oxygen atoms in total. The fourth-order valence-electron chi connectivity index (χ4n) is 1.36. The van der Waals surface area contributed by atoms with Gasteiger partial charge in [0.2, 0.25) is 0 Å². The number of phenolic OH excluding ortho intramolecular Hbond substituents is 1. The zero-order chi connectivity index (χ0) is 10.1. The van der Waals surface area contributed by atoms with Crippen LogP contribution >= 0.6 is 12.4 Å².